The number of hydrogen-bond acceptors (Lipinski definition) is 3. The van der Waals surface area contributed by atoms with Gasteiger partial charge in [0.2, 0.25) is 10.0 Å². The van der Waals surface area contributed by atoms with E-state index in [4.69, 9.17) is 0 Å². The minimum Gasteiger partial charge on any atom is -0.317 e. The third-order valence-corrected chi connectivity index (χ3v) is 5.55. The van der Waals surface area contributed by atoms with Crippen molar-refractivity contribution in [3.05, 3.63) is 29.6 Å². The van der Waals surface area contributed by atoms with Crippen LogP contribution < -0.4 is 5.32 Å². The number of piperidine rings is 1. The second-order valence-corrected chi connectivity index (χ2v) is 6.91. The highest BCUT2D eigenvalue weighted by Crippen LogP contribution is 2.22. The molecule has 1 fully saturated rings. The summed E-state index contributed by atoms with van der Waals surface area (Å²) >= 11 is 0. The first-order valence-electron chi connectivity index (χ1n) is 6.38. The molecule has 0 bridgehead atoms. The van der Waals surface area contributed by atoms with Gasteiger partial charge in [0, 0.05) is 13.1 Å². The van der Waals surface area contributed by atoms with Crippen LogP contribution in [0, 0.1) is 12.7 Å². The third-order valence-electron chi connectivity index (χ3n) is 3.64. The van der Waals surface area contributed by atoms with E-state index in [2.05, 4.69) is 5.32 Å². The van der Waals surface area contributed by atoms with Gasteiger partial charge in [-0.25, -0.2) is 12.8 Å². The van der Waals surface area contributed by atoms with E-state index in [-0.39, 0.29) is 10.9 Å². The number of halogens is 1. The Hall–Kier alpha value is -0.980. The van der Waals surface area contributed by atoms with Crippen molar-refractivity contribution < 1.29 is 12.8 Å². The molecule has 0 spiro atoms. The standard InChI is InChI=1S/C13H19FN2O2S/c1-10-3-4-12(9-13(10)14)19(17,18)16(2)11-5-7-15-8-6-11/h3-4,9,11,15H,5-8H2,1-2H3. The Labute approximate surface area is 113 Å². The second kappa shape index (κ2) is 5.56. The molecule has 1 heterocycles. The highest BCUT2D eigenvalue weighted by Gasteiger charge is 2.29. The SMILES string of the molecule is Cc1ccc(S(=O)(=O)N(C)C2CCNCC2)cc1F. The molecular weight excluding hydrogens is 267 g/mol. The van der Waals surface area contributed by atoms with Crippen LogP contribution in [-0.4, -0.2) is 38.9 Å². The van der Waals surface area contributed by atoms with Gasteiger partial charge in [-0.15, -0.1) is 0 Å². The van der Waals surface area contributed by atoms with Gasteiger partial charge < -0.3 is 5.32 Å². The minimum absolute atomic E-state index is 0.0179. The molecule has 0 aromatic heterocycles. The summed E-state index contributed by atoms with van der Waals surface area (Å²) in [6.45, 7) is 3.24. The molecule has 1 N–H and O–H groups in total. The van der Waals surface area contributed by atoms with Gasteiger partial charge in [0.25, 0.3) is 0 Å². The normalized spacial score (nSPS) is 17.9. The molecule has 1 saturated heterocycles. The summed E-state index contributed by atoms with van der Waals surface area (Å²) in [5, 5.41) is 3.20. The first-order chi connectivity index (χ1) is 8.93. The van der Waals surface area contributed by atoms with E-state index < -0.39 is 15.8 Å². The zero-order valence-corrected chi connectivity index (χ0v) is 12.0. The molecule has 0 unspecified atom stereocenters. The van der Waals surface area contributed by atoms with Crippen LogP contribution >= 0.6 is 0 Å². The number of nitrogens with one attached hydrogen (secondary N) is 1. The average Bonchev–Trinajstić information content (AvgIpc) is 2.41. The topological polar surface area (TPSA) is 49.4 Å². The van der Waals surface area contributed by atoms with Gasteiger partial charge in [-0.1, -0.05) is 6.07 Å². The van der Waals surface area contributed by atoms with E-state index in [1.165, 1.54) is 16.4 Å². The summed E-state index contributed by atoms with van der Waals surface area (Å²) in [5.74, 6) is -0.486. The summed E-state index contributed by atoms with van der Waals surface area (Å²) < 4.78 is 39.8. The number of benzene rings is 1. The second-order valence-electron chi connectivity index (χ2n) is 4.91. The molecule has 2 rings (SSSR count). The maximum Gasteiger partial charge on any atom is 0.243 e. The molecule has 0 atom stereocenters. The fourth-order valence-corrected chi connectivity index (χ4v) is 3.70. The van der Waals surface area contributed by atoms with Crippen molar-refractivity contribution in [1.29, 1.82) is 0 Å². The van der Waals surface area contributed by atoms with Crippen LogP contribution in [-0.2, 0) is 10.0 Å². The fraction of sp³-hybridized carbons (Fsp3) is 0.538. The summed E-state index contributed by atoms with van der Waals surface area (Å²) in [7, 11) is -2.04. The van der Waals surface area contributed by atoms with E-state index in [0.717, 1.165) is 32.0 Å². The molecule has 0 aliphatic carbocycles. The summed E-state index contributed by atoms with van der Waals surface area (Å²) in [5.41, 5.74) is 0.448. The molecule has 1 aromatic rings. The Balaban J connectivity index is 2.27. The van der Waals surface area contributed by atoms with Crippen LogP contribution in [0.5, 0.6) is 0 Å². The van der Waals surface area contributed by atoms with Crippen molar-refractivity contribution in [3.63, 3.8) is 0 Å². The lowest BCUT2D eigenvalue weighted by molar-refractivity contribution is 0.296. The predicted molar refractivity (Wildman–Crippen MR) is 72.0 cm³/mol. The molecule has 0 saturated carbocycles. The van der Waals surface area contributed by atoms with Gasteiger partial charge in [0.05, 0.1) is 4.90 Å². The smallest absolute Gasteiger partial charge is 0.243 e. The molecule has 1 aliphatic heterocycles. The van der Waals surface area contributed by atoms with Gasteiger partial charge >= 0.3 is 0 Å². The van der Waals surface area contributed by atoms with Gasteiger partial charge in [-0.3, -0.25) is 0 Å². The number of nitrogens with zero attached hydrogens (tertiary/aromatic N) is 1. The maximum atomic E-state index is 13.5. The quantitative estimate of drug-likeness (QED) is 0.916. The molecule has 1 aliphatic rings. The van der Waals surface area contributed by atoms with Gasteiger partial charge in [-0.05, 0) is 50.6 Å². The summed E-state index contributed by atoms with van der Waals surface area (Å²) in [6.07, 6.45) is 1.56. The Morgan fingerprint density at radius 1 is 1.32 bits per heavy atom. The van der Waals surface area contributed by atoms with Crippen molar-refractivity contribution in [2.24, 2.45) is 0 Å². The average molecular weight is 286 g/mol. The lowest BCUT2D eigenvalue weighted by atomic mass is 10.1. The number of hydrogen-bond donors (Lipinski definition) is 1. The van der Waals surface area contributed by atoms with Crippen LogP contribution in [0.4, 0.5) is 4.39 Å². The van der Waals surface area contributed by atoms with Gasteiger partial charge in [0.1, 0.15) is 5.82 Å². The van der Waals surface area contributed by atoms with E-state index in [0.29, 0.717) is 5.56 Å². The molecule has 19 heavy (non-hydrogen) atoms. The highest BCUT2D eigenvalue weighted by atomic mass is 32.2. The summed E-state index contributed by atoms with van der Waals surface area (Å²) in [6, 6.07) is 4.04. The lowest BCUT2D eigenvalue weighted by Gasteiger charge is -2.30. The first-order valence-corrected chi connectivity index (χ1v) is 7.82. The fourth-order valence-electron chi connectivity index (χ4n) is 2.27. The molecule has 106 valence electrons. The number of rotatable bonds is 3. The molecule has 1 aromatic carbocycles. The van der Waals surface area contributed by atoms with Crippen LogP contribution in [0.15, 0.2) is 23.1 Å². The minimum atomic E-state index is -3.61. The zero-order valence-electron chi connectivity index (χ0n) is 11.2. The van der Waals surface area contributed by atoms with Crippen molar-refractivity contribution >= 4 is 10.0 Å². The Kier molecular flexibility index (Phi) is 4.23. The predicted octanol–water partition coefficient (Wildman–Crippen LogP) is 1.51. The number of sulfonamides is 1. The molecular formula is C13H19FN2O2S. The van der Waals surface area contributed by atoms with Crippen LogP contribution in [0.1, 0.15) is 18.4 Å². The maximum absolute atomic E-state index is 13.5. The van der Waals surface area contributed by atoms with E-state index in [1.54, 1.807) is 14.0 Å². The molecule has 0 radical (unpaired) electrons. The first kappa shape index (κ1) is 14.4. The van der Waals surface area contributed by atoms with Crippen molar-refractivity contribution in [3.8, 4) is 0 Å². The Morgan fingerprint density at radius 2 is 1.95 bits per heavy atom. The van der Waals surface area contributed by atoms with Crippen molar-refractivity contribution in [2.75, 3.05) is 20.1 Å². The highest BCUT2D eigenvalue weighted by molar-refractivity contribution is 7.89. The third kappa shape index (κ3) is 2.96. The van der Waals surface area contributed by atoms with Gasteiger partial charge in [0.15, 0.2) is 0 Å². The van der Waals surface area contributed by atoms with Gasteiger partial charge in [-0.2, -0.15) is 4.31 Å². The molecule has 0 amide bonds. The van der Waals surface area contributed by atoms with Crippen LogP contribution in [0.25, 0.3) is 0 Å². The monoisotopic (exact) mass is 286 g/mol. The van der Waals surface area contributed by atoms with Crippen molar-refractivity contribution in [1.82, 2.24) is 9.62 Å². The van der Waals surface area contributed by atoms with Crippen LogP contribution in [0.3, 0.4) is 0 Å². The van der Waals surface area contributed by atoms with Crippen LogP contribution in [0.2, 0.25) is 0 Å². The molecule has 6 heteroatoms. The Morgan fingerprint density at radius 3 is 2.53 bits per heavy atom. The Bertz CT molecular complexity index is 554. The molecule has 4 nitrogen and oxygen atoms in total. The van der Waals surface area contributed by atoms with Crippen molar-refractivity contribution in [2.45, 2.75) is 30.7 Å². The largest absolute Gasteiger partial charge is 0.317 e. The number of aryl methyl sites for hydroxylation is 1. The zero-order chi connectivity index (χ0) is 14.0. The summed E-state index contributed by atoms with van der Waals surface area (Å²) in [4.78, 5) is 0.0247. The van der Waals surface area contributed by atoms with E-state index in [1.807, 2.05) is 0 Å². The van der Waals surface area contributed by atoms with E-state index in [9.17, 15) is 12.8 Å². The van der Waals surface area contributed by atoms with E-state index >= 15 is 0 Å². The lowest BCUT2D eigenvalue weighted by Crippen LogP contribution is -2.43.